The van der Waals surface area contributed by atoms with Crippen LogP contribution in [0.4, 0.5) is 0 Å². The number of methoxy groups -OCH3 is 1. The first-order chi connectivity index (χ1) is 7.88. The van der Waals surface area contributed by atoms with Gasteiger partial charge in [-0.1, -0.05) is 22.9 Å². The fourth-order valence-corrected chi connectivity index (χ4v) is 1.30. The third-order valence-corrected chi connectivity index (χ3v) is 3.82. The van der Waals surface area contributed by atoms with E-state index in [-0.39, 0.29) is 16.3 Å². The highest BCUT2D eigenvalue weighted by Crippen LogP contribution is 2.20. The first-order valence-electron chi connectivity index (χ1n) is 5.33. The van der Waals surface area contributed by atoms with Crippen molar-refractivity contribution in [3.05, 3.63) is 24.0 Å². The Morgan fingerprint density at radius 3 is 2.76 bits per heavy atom. The van der Waals surface area contributed by atoms with E-state index in [9.17, 15) is 4.79 Å². The van der Waals surface area contributed by atoms with E-state index in [1.807, 2.05) is 20.8 Å². The van der Waals surface area contributed by atoms with Crippen LogP contribution in [0.3, 0.4) is 0 Å². The van der Waals surface area contributed by atoms with Crippen molar-refractivity contribution >= 4 is 21.8 Å². The van der Waals surface area contributed by atoms with E-state index in [2.05, 4.69) is 26.2 Å². The van der Waals surface area contributed by atoms with Gasteiger partial charge in [0.15, 0.2) is 0 Å². The van der Waals surface area contributed by atoms with Crippen molar-refractivity contribution in [3.63, 3.8) is 0 Å². The summed E-state index contributed by atoms with van der Waals surface area (Å²) in [6.45, 7) is 5.90. The molecular weight excluding hydrogens is 284 g/mol. The lowest BCUT2D eigenvalue weighted by molar-refractivity contribution is 0.0910. The summed E-state index contributed by atoms with van der Waals surface area (Å²) in [5, 5.41) is 2.95. The average molecular weight is 301 g/mol. The molecule has 5 heteroatoms. The summed E-state index contributed by atoms with van der Waals surface area (Å²) in [7, 11) is 1.52. The normalized spacial score (nSPS) is 13.0. The van der Waals surface area contributed by atoms with Gasteiger partial charge in [-0.3, -0.25) is 9.78 Å². The number of hydrogen-bond acceptors (Lipinski definition) is 3. The van der Waals surface area contributed by atoms with E-state index in [1.165, 1.54) is 13.3 Å². The van der Waals surface area contributed by atoms with Crippen molar-refractivity contribution in [3.8, 4) is 5.75 Å². The molecule has 0 radical (unpaired) electrons. The number of nitrogens with zero attached hydrogens (tertiary/aromatic N) is 1. The van der Waals surface area contributed by atoms with E-state index < -0.39 is 0 Å². The van der Waals surface area contributed by atoms with Crippen molar-refractivity contribution in [1.82, 2.24) is 10.3 Å². The number of ether oxygens (including phenoxy) is 1. The summed E-state index contributed by atoms with van der Waals surface area (Å²) < 4.78 is 5.11. The van der Waals surface area contributed by atoms with E-state index >= 15 is 0 Å². The van der Waals surface area contributed by atoms with Crippen LogP contribution in [-0.2, 0) is 0 Å². The van der Waals surface area contributed by atoms with Crippen LogP contribution < -0.4 is 10.1 Å². The Labute approximate surface area is 110 Å². The predicted octanol–water partition coefficient (Wildman–Crippen LogP) is 2.38. The van der Waals surface area contributed by atoms with E-state index in [0.717, 1.165) is 0 Å². The molecule has 1 aromatic heterocycles. The highest BCUT2D eigenvalue weighted by Gasteiger charge is 2.27. The van der Waals surface area contributed by atoms with Gasteiger partial charge in [0.25, 0.3) is 5.91 Å². The fourth-order valence-electron chi connectivity index (χ4n) is 1.19. The van der Waals surface area contributed by atoms with Crippen LogP contribution in [0.2, 0.25) is 0 Å². The molecule has 0 fully saturated rings. The first-order valence-corrected chi connectivity index (χ1v) is 6.24. The second kappa shape index (κ2) is 5.49. The lowest BCUT2D eigenvalue weighted by atomic mass is 10.0. The molecule has 0 aliphatic carbocycles. The Bertz CT molecular complexity index is 405. The van der Waals surface area contributed by atoms with Crippen LogP contribution in [0.25, 0.3) is 0 Å². The third kappa shape index (κ3) is 3.43. The van der Waals surface area contributed by atoms with Crippen LogP contribution in [-0.4, -0.2) is 28.4 Å². The van der Waals surface area contributed by atoms with Crippen LogP contribution in [0.5, 0.6) is 5.75 Å². The van der Waals surface area contributed by atoms with Gasteiger partial charge in [0.2, 0.25) is 0 Å². The summed E-state index contributed by atoms with van der Waals surface area (Å²) >= 11 is 3.47. The molecule has 4 nitrogen and oxygen atoms in total. The molecule has 0 aliphatic rings. The van der Waals surface area contributed by atoms with E-state index in [4.69, 9.17) is 4.74 Å². The fraction of sp³-hybridized carbons (Fsp3) is 0.500. The van der Waals surface area contributed by atoms with Crippen LogP contribution in [0.15, 0.2) is 18.5 Å². The van der Waals surface area contributed by atoms with Crippen molar-refractivity contribution in [2.45, 2.75) is 31.1 Å². The number of alkyl halides is 1. The number of rotatable bonds is 4. The minimum absolute atomic E-state index is 0.159. The largest absolute Gasteiger partial charge is 0.494 e. The number of aromatic nitrogens is 1. The number of carbonyl (C=O) groups is 1. The van der Waals surface area contributed by atoms with Crippen molar-refractivity contribution in [1.29, 1.82) is 0 Å². The summed E-state index contributed by atoms with van der Waals surface area (Å²) in [5.74, 6) is 0.309. The van der Waals surface area contributed by atoms with Gasteiger partial charge in [-0.25, -0.2) is 0 Å². The number of carbonyl (C=O) groups excluding carboxylic acids is 1. The molecule has 0 saturated heterocycles. The molecule has 0 saturated carbocycles. The highest BCUT2D eigenvalue weighted by molar-refractivity contribution is 9.09. The molecule has 0 spiro atoms. The van der Waals surface area contributed by atoms with Crippen LogP contribution in [0, 0.1) is 0 Å². The number of hydrogen-bond donors (Lipinski definition) is 1. The van der Waals surface area contributed by atoms with Gasteiger partial charge in [0, 0.05) is 16.6 Å². The van der Waals surface area contributed by atoms with Gasteiger partial charge < -0.3 is 10.1 Å². The van der Waals surface area contributed by atoms with Gasteiger partial charge in [0.05, 0.1) is 18.9 Å². The molecule has 1 heterocycles. The second-order valence-electron chi connectivity index (χ2n) is 4.37. The van der Waals surface area contributed by atoms with Gasteiger partial charge in [0.1, 0.15) is 5.75 Å². The quantitative estimate of drug-likeness (QED) is 0.869. The molecule has 17 heavy (non-hydrogen) atoms. The first kappa shape index (κ1) is 14.0. The molecule has 94 valence electrons. The molecule has 1 amide bonds. The Morgan fingerprint density at radius 2 is 2.24 bits per heavy atom. The summed E-state index contributed by atoms with van der Waals surface area (Å²) in [6, 6.07) is 1.64. The highest BCUT2D eigenvalue weighted by atomic mass is 79.9. The topological polar surface area (TPSA) is 51.2 Å². The molecule has 1 atom stereocenters. The molecular formula is C12H17BrN2O2. The predicted molar refractivity (Wildman–Crippen MR) is 70.7 cm³/mol. The lowest BCUT2D eigenvalue weighted by Gasteiger charge is -2.29. The zero-order chi connectivity index (χ0) is 13.1. The Balaban J connectivity index is 2.91. The SMILES string of the molecule is COc1cnccc1C(=O)NC(C)(C)C(C)Br. The Kier molecular flexibility index (Phi) is 4.51. The zero-order valence-electron chi connectivity index (χ0n) is 10.5. The summed E-state index contributed by atoms with van der Waals surface area (Å²) in [4.78, 5) is 16.2. The zero-order valence-corrected chi connectivity index (χ0v) is 12.0. The minimum Gasteiger partial charge on any atom is -0.494 e. The van der Waals surface area contributed by atoms with Crippen LogP contribution >= 0.6 is 15.9 Å². The molecule has 1 rings (SSSR count). The van der Waals surface area contributed by atoms with Gasteiger partial charge in [-0.05, 0) is 19.9 Å². The Hall–Kier alpha value is -1.10. The lowest BCUT2D eigenvalue weighted by Crippen LogP contribution is -2.48. The molecule has 0 aliphatic heterocycles. The van der Waals surface area contributed by atoms with Crippen LogP contribution in [0.1, 0.15) is 31.1 Å². The maximum atomic E-state index is 12.1. The molecule has 0 aromatic carbocycles. The van der Waals surface area contributed by atoms with Gasteiger partial charge in [-0.15, -0.1) is 0 Å². The number of amides is 1. The number of nitrogens with one attached hydrogen (secondary N) is 1. The summed E-state index contributed by atoms with van der Waals surface area (Å²) in [5.41, 5.74) is 0.148. The molecule has 1 aromatic rings. The maximum Gasteiger partial charge on any atom is 0.255 e. The molecule has 0 bridgehead atoms. The number of halogens is 1. The third-order valence-electron chi connectivity index (χ3n) is 2.68. The number of pyridine rings is 1. The minimum atomic E-state index is -0.342. The average Bonchev–Trinajstić information content (AvgIpc) is 2.28. The van der Waals surface area contributed by atoms with Crippen molar-refractivity contribution in [2.24, 2.45) is 0 Å². The standard InChI is InChI=1S/C12H17BrN2O2/c1-8(13)12(2,3)15-11(16)9-5-6-14-7-10(9)17-4/h5-8H,1-4H3,(H,15,16). The monoisotopic (exact) mass is 300 g/mol. The van der Waals surface area contributed by atoms with E-state index in [1.54, 1.807) is 12.3 Å². The summed E-state index contributed by atoms with van der Waals surface area (Å²) in [6.07, 6.45) is 3.10. The smallest absolute Gasteiger partial charge is 0.255 e. The molecule has 1 unspecified atom stereocenters. The van der Waals surface area contributed by atoms with Crippen molar-refractivity contribution in [2.75, 3.05) is 7.11 Å². The second-order valence-corrected chi connectivity index (χ2v) is 5.74. The van der Waals surface area contributed by atoms with Gasteiger partial charge in [-0.2, -0.15) is 0 Å². The van der Waals surface area contributed by atoms with Crippen molar-refractivity contribution < 1.29 is 9.53 Å². The van der Waals surface area contributed by atoms with Gasteiger partial charge >= 0.3 is 0 Å². The maximum absolute atomic E-state index is 12.1. The van der Waals surface area contributed by atoms with E-state index in [0.29, 0.717) is 11.3 Å². The molecule has 1 N–H and O–H groups in total. The Morgan fingerprint density at radius 1 is 1.59 bits per heavy atom.